The number of benzene rings is 1. The van der Waals surface area contributed by atoms with Gasteiger partial charge in [-0.1, -0.05) is 19.1 Å². The second kappa shape index (κ2) is 4.76. The number of ether oxygens (including phenoxy) is 1. The van der Waals surface area contributed by atoms with Gasteiger partial charge in [0.1, 0.15) is 11.3 Å². The molecular formula is C12H14F3O. The van der Waals surface area contributed by atoms with E-state index in [4.69, 9.17) is 4.74 Å². The normalized spacial score (nSPS) is 11.9. The smallest absolute Gasteiger partial charge is 0.420 e. The Bertz CT molecular complexity index is 356. The Hall–Kier alpha value is -1.19. The maximum absolute atomic E-state index is 12.9. The fraction of sp³-hybridized carbons (Fsp3) is 0.417. The van der Waals surface area contributed by atoms with Crippen molar-refractivity contribution in [1.29, 1.82) is 0 Å². The van der Waals surface area contributed by atoms with Gasteiger partial charge in [0.15, 0.2) is 0 Å². The minimum absolute atomic E-state index is 0.122. The fourth-order valence-electron chi connectivity index (χ4n) is 1.54. The van der Waals surface area contributed by atoms with Crippen LogP contribution in [0.2, 0.25) is 0 Å². The van der Waals surface area contributed by atoms with Gasteiger partial charge in [-0.25, -0.2) is 0 Å². The van der Waals surface area contributed by atoms with Crippen LogP contribution in [0.5, 0.6) is 5.75 Å². The van der Waals surface area contributed by atoms with Crippen LogP contribution < -0.4 is 4.74 Å². The summed E-state index contributed by atoms with van der Waals surface area (Å²) in [6.07, 6.45) is -4.41. The van der Waals surface area contributed by atoms with E-state index in [1.165, 1.54) is 12.1 Å². The van der Waals surface area contributed by atoms with Gasteiger partial charge in [0.25, 0.3) is 0 Å². The molecular weight excluding hydrogens is 217 g/mol. The van der Waals surface area contributed by atoms with Crippen LogP contribution in [0.4, 0.5) is 13.2 Å². The zero-order valence-corrected chi connectivity index (χ0v) is 9.27. The summed E-state index contributed by atoms with van der Waals surface area (Å²) in [5.74, 6) is -0.556. The lowest BCUT2D eigenvalue weighted by Gasteiger charge is -2.19. The Labute approximate surface area is 93.2 Å². The van der Waals surface area contributed by atoms with E-state index in [9.17, 15) is 13.2 Å². The quantitative estimate of drug-likeness (QED) is 0.762. The lowest BCUT2D eigenvalue weighted by Crippen LogP contribution is -2.13. The average Bonchev–Trinajstić information content (AvgIpc) is 2.16. The summed E-state index contributed by atoms with van der Waals surface area (Å²) in [5, 5.41) is 0. The Kier molecular flexibility index (Phi) is 3.83. The van der Waals surface area contributed by atoms with Gasteiger partial charge >= 0.3 is 6.18 Å². The molecule has 16 heavy (non-hydrogen) atoms. The van der Waals surface area contributed by atoms with Crippen molar-refractivity contribution in [1.82, 2.24) is 0 Å². The summed E-state index contributed by atoms with van der Waals surface area (Å²) in [7, 11) is 0. The molecule has 0 aromatic heterocycles. The molecule has 0 heterocycles. The van der Waals surface area contributed by atoms with Gasteiger partial charge in [-0.15, -0.1) is 0 Å². The number of hydrogen-bond acceptors (Lipinski definition) is 1. The Morgan fingerprint density at radius 1 is 1.38 bits per heavy atom. The Balaban J connectivity index is 3.35. The van der Waals surface area contributed by atoms with E-state index in [2.05, 4.69) is 6.92 Å². The van der Waals surface area contributed by atoms with Gasteiger partial charge in [-0.05, 0) is 31.4 Å². The third kappa shape index (κ3) is 2.68. The van der Waals surface area contributed by atoms with Crippen LogP contribution in [-0.2, 0) is 6.18 Å². The van der Waals surface area contributed by atoms with Gasteiger partial charge in [0.2, 0.25) is 0 Å². The van der Waals surface area contributed by atoms with Crippen LogP contribution in [0, 0.1) is 6.92 Å². The second-order valence-electron chi connectivity index (χ2n) is 3.55. The molecule has 1 radical (unpaired) electrons. The van der Waals surface area contributed by atoms with Crippen LogP contribution in [0.3, 0.4) is 0 Å². The Morgan fingerprint density at radius 2 is 2.00 bits per heavy atom. The molecule has 1 aromatic rings. The van der Waals surface area contributed by atoms with Crippen molar-refractivity contribution >= 4 is 0 Å². The number of halogens is 3. The highest BCUT2D eigenvalue weighted by molar-refractivity contribution is 5.44. The van der Waals surface area contributed by atoms with E-state index in [1.807, 2.05) is 0 Å². The molecule has 0 N–H and O–H groups in total. The standard InChI is InChI=1S/C12H14F3O/c1-4-16-10-7-5-6-9(8(2)3)11(10)12(13,14)15/h5-8H,2,4H2,1,3H3. The summed E-state index contributed by atoms with van der Waals surface area (Å²) >= 11 is 0. The van der Waals surface area contributed by atoms with E-state index >= 15 is 0 Å². The van der Waals surface area contributed by atoms with Crippen molar-refractivity contribution < 1.29 is 17.9 Å². The van der Waals surface area contributed by atoms with Gasteiger partial charge < -0.3 is 4.74 Å². The van der Waals surface area contributed by atoms with Crippen LogP contribution in [0.15, 0.2) is 18.2 Å². The largest absolute Gasteiger partial charge is 0.493 e. The predicted molar refractivity (Wildman–Crippen MR) is 56.4 cm³/mol. The molecule has 0 aliphatic heterocycles. The Morgan fingerprint density at radius 3 is 2.44 bits per heavy atom. The van der Waals surface area contributed by atoms with Crippen molar-refractivity contribution in [2.75, 3.05) is 6.61 Å². The predicted octanol–water partition coefficient (Wildman–Crippen LogP) is 4.04. The van der Waals surface area contributed by atoms with E-state index < -0.39 is 17.7 Å². The first kappa shape index (κ1) is 12.9. The van der Waals surface area contributed by atoms with E-state index in [-0.39, 0.29) is 17.9 Å². The molecule has 89 valence electrons. The summed E-state index contributed by atoms with van der Waals surface area (Å²) in [6.45, 7) is 7.11. The van der Waals surface area contributed by atoms with Crippen LogP contribution >= 0.6 is 0 Å². The lowest BCUT2D eigenvalue weighted by molar-refractivity contribution is -0.139. The number of hydrogen-bond donors (Lipinski definition) is 0. The van der Waals surface area contributed by atoms with E-state index in [0.29, 0.717) is 0 Å². The summed E-state index contributed by atoms with van der Waals surface area (Å²) in [4.78, 5) is 0. The minimum Gasteiger partial charge on any atom is -0.493 e. The average molecular weight is 231 g/mol. The minimum atomic E-state index is -4.41. The first-order valence-corrected chi connectivity index (χ1v) is 5.04. The third-order valence-electron chi connectivity index (χ3n) is 2.17. The number of rotatable bonds is 3. The molecule has 4 heteroatoms. The fourth-order valence-corrected chi connectivity index (χ4v) is 1.54. The molecule has 1 atom stereocenters. The molecule has 0 spiro atoms. The molecule has 0 amide bonds. The van der Waals surface area contributed by atoms with Crippen LogP contribution in [0.25, 0.3) is 0 Å². The maximum Gasteiger partial charge on any atom is 0.420 e. The molecule has 0 aliphatic rings. The monoisotopic (exact) mass is 231 g/mol. The van der Waals surface area contributed by atoms with Crippen LogP contribution in [0.1, 0.15) is 30.9 Å². The first-order valence-electron chi connectivity index (χ1n) is 5.04. The van der Waals surface area contributed by atoms with Gasteiger partial charge in [-0.3, -0.25) is 0 Å². The molecule has 0 aliphatic carbocycles. The van der Waals surface area contributed by atoms with Crippen molar-refractivity contribution in [2.24, 2.45) is 0 Å². The zero-order chi connectivity index (χ0) is 12.3. The van der Waals surface area contributed by atoms with Gasteiger partial charge in [-0.2, -0.15) is 13.2 Å². The molecule has 1 nitrogen and oxygen atoms in total. The lowest BCUT2D eigenvalue weighted by atomic mass is 9.96. The van der Waals surface area contributed by atoms with E-state index in [1.54, 1.807) is 19.9 Å². The molecule has 0 saturated heterocycles. The zero-order valence-electron chi connectivity index (χ0n) is 9.27. The summed E-state index contributed by atoms with van der Waals surface area (Å²) < 4.78 is 43.7. The highest BCUT2D eigenvalue weighted by Gasteiger charge is 2.37. The van der Waals surface area contributed by atoms with Crippen LogP contribution in [-0.4, -0.2) is 6.61 Å². The molecule has 1 aromatic carbocycles. The van der Waals surface area contributed by atoms with Crippen molar-refractivity contribution in [3.63, 3.8) is 0 Å². The molecule has 1 unspecified atom stereocenters. The van der Waals surface area contributed by atoms with Gasteiger partial charge in [0, 0.05) is 0 Å². The second-order valence-corrected chi connectivity index (χ2v) is 3.55. The van der Waals surface area contributed by atoms with Crippen molar-refractivity contribution in [2.45, 2.75) is 25.9 Å². The highest BCUT2D eigenvalue weighted by atomic mass is 19.4. The van der Waals surface area contributed by atoms with E-state index in [0.717, 1.165) is 0 Å². The highest BCUT2D eigenvalue weighted by Crippen LogP contribution is 2.41. The summed E-state index contributed by atoms with van der Waals surface area (Å²) in [6, 6.07) is 4.32. The molecule has 0 saturated carbocycles. The molecule has 0 fully saturated rings. The first-order chi connectivity index (χ1) is 7.38. The molecule has 1 rings (SSSR count). The number of alkyl halides is 3. The van der Waals surface area contributed by atoms with Gasteiger partial charge in [0.05, 0.1) is 6.61 Å². The summed E-state index contributed by atoms with van der Waals surface area (Å²) in [5.41, 5.74) is -0.544. The van der Waals surface area contributed by atoms with Crippen molar-refractivity contribution in [3.05, 3.63) is 36.2 Å². The topological polar surface area (TPSA) is 9.23 Å². The third-order valence-corrected chi connectivity index (χ3v) is 2.17. The molecule has 0 bridgehead atoms. The maximum atomic E-state index is 12.9. The SMILES string of the molecule is [CH2]C(C)c1cccc(OCC)c1C(F)(F)F. The van der Waals surface area contributed by atoms with Crippen molar-refractivity contribution in [3.8, 4) is 5.75 Å².